The summed E-state index contributed by atoms with van der Waals surface area (Å²) in [4.78, 5) is 13.4. The second-order valence-corrected chi connectivity index (χ2v) is 6.05. The highest BCUT2D eigenvalue weighted by atomic mass is 35.5. The summed E-state index contributed by atoms with van der Waals surface area (Å²) in [6, 6.07) is 14.6. The number of quaternary nitrogens is 1. The molecule has 5 nitrogen and oxygen atoms in total. The minimum Gasteiger partial charge on any atom is -0.497 e. The maximum Gasteiger partial charge on any atom is 0.279 e. The van der Waals surface area contributed by atoms with Crippen molar-refractivity contribution in [1.29, 1.82) is 0 Å². The van der Waals surface area contributed by atoms with Crippen LogP contribution in [-0.4, -0.2) is 39.3 Å². The second kappa shape index (κ2) is 9.91. The predicted octanol–water partition coefficient (Wildman–Crippen LogP) is 2.27. The van der Waals surface area contributed by atoms with Crippen LogP contribution in [-0.2, 0) is 4.79 Å². The lowest BCUT2D eigenvalue weighted by Crippen LogP contribution is -3.13. The minimum atomic E-state index is -0.0309. The van der Waals surface area contributed by atoms with Crippen LogP contribution in [0.2, 0.25) is 5.02 Å². The van der Waals surface area contributed by atoms with E-state index in [2.05, 4.69) is 12.2 Å². The van der Waals surface area contributed by atoms with Crippen LogP contribution in [0.4, 0.5) is 5.69 Å². The molecule has 0 saturated carbocycles. The molecule has 1 atom stereocenters. The van der Waals surface area contributed by atoms with Crippen molar-refractivity contribution in [2.24, 2.45) is 0 Å². The average Bonchev–Trinajstić information content (AvgIpc) is 2.62. The van der Waals surface area contributed by atoms with Crippen molar-refractivity contribution in [3.63, 3.8) is 0 Å². The molecule has 0 radical (unpaired) electrons. The lowest BCUT2D eigenvalue weighted by atomic mass is 10.3. The van der Waals surface area contributed by atoms with Crippen molar-refractivity contribution in [2.75, 3.05) is 38.7 Å². The Bertz CT molecular complexity index is 677. The highest BCUT2D eigenvalue weighted by molar-refractivity contribution is 6.30. The standard InChI is InChI=1S/C19H23ClN2O3/c1-3-22(11-12-25-17-9-7-15(20)8-10-17)14-19(23)21-16-5-4-6-18(13-16)24-2/h4-10,13H,3,11-12,14H2,1-2H3,(H,21,23)/p+1. The van der Waals surface area contributed by atoms with Gasteiger partial charge in [0.1, 0.15) is 24.7 Å². The number of benzene rings is 2. The number of amides is 1. The number of hydrogen-bond donors (Lipinski definition) is 2. The van der Waals surface area contributed by atoms with Gasteiger partial charge in [-0.05, 0) is 43.3 Å². The van der Waals surface area contributed by atoms with Gasteiger partial charge in [-0.25, -0.2) is 0 Å². The molecule has 0 heterocycles. The van der Waals surface area contributed by atoms with Crippen LogP contribution in [0.25, 0.3) is 0 Å². The lowest BCUT2D eigenvalue weighted by molar-refractivity contribution is -0.889. The van der Waals surface area contributed by atoms with E-state index in [1.165, 1.54) is 0 Å². The summed E-state index contributed by atoms with van der Waals surface area (Å²) in [5.41, 5.74) is 0.734. The van der Waals surface area contributed by atoms with Crippen molar-refractivity contribution in [3.8, 4) is 11.5 Å². The Morgan fingerprint density at radius 3 is 2.60 bits per heavy atom. The van der Waals surface area contributed by atoms with E-state index in [9.17, 15) is 4.79 Å². The summed E-state index contributed by atoms with van der Waals surface area (Å²) in [6.45, 7) is 4.56. The van der Waals surface area contributed by atoms with Gasteiger partial charge in [0.05, 0.1) is 13.7 Å². The number of carbonyl (C=O) groups excluding carboxylic acids is 1. The number of hydrogen-bond acceptors (Lipinski definition) is 3. The minimum absolute atomic E-state index is 0.0309. The molecule has 0 spiro atoms. The Balaban J connectivity index is 1.77. The summed E-state index contributed by atoms with van der Waals surface area (Å²) >= 11 is 5.85. The van der Waals surface area contributed by atoms with Gasteiger partial charge in [0.2, 0.25) is 0 Å². The van der Waals surface area contributed by atoms with Crippen LogP contribution < -0.4 is 19.7 Å². The smallest absolute Gasteiger partial charge is 0.279 e. The van der Waals surface area contributed by atoms with Crippen LogP contribution in [0.3, 0.4) is 0 Å². The molecule has 0 aliphatic carbocycles. The zero-order valence-electron chi connectivity index (χ0n) is 14.5. The molecular weight excluding hydrogens is 340 g/mol. The van der Waals surface area contributed by atoms with Gasteiger partial charge < -0.3 is 19.7 Å². The molecule has 0 aromatic heterocycles. The zero-order chi connectivity index (χ0) is 18.1. The molecule has 1 amide bonds. The molecular formula is C19H24ClN2O3+. The number of halogens is 1. The monoisotopic (exact) mass is 363 g/mol. The first-order valence-electron chi connectivity index (χ1n) is 8.26. The number of anilines is 1. The number of carbonyl (C=O) groups is 1. The molecule has 6 heteroatoms. The first-order valence-corrected chi connectivity index (χ1v) is 8.64. The predicted molar refractivity (Wildman–Crippen MR) is 99.8 cm³/mol. The highest BCUT2D eigenvalue weighted by Gasteiger charge is 2.13. The molecule has 1 unspecified atom stereocenters. The van der Waals surface area contributed by atoms with Crippen molar-refractivity contribution >= 4 is 23.2 Å². The van der Waals surface area contributed by atoms with E-state index in [0.717, 1.165) is 29.4 Å². The molecule has 0 fully saturated rings. The van der Waals surface area contributed by atoms with Crippen LogP contribution >= 0.6 is 11.6 Å². The normalized spacial score (nSPS) is 11.6. The third-order valence-electron chi connectivity index (χ3n) is 3.80. The van der Waals surface area contributed by atoms with E-state index in [-0.39, 0.29) is 5.91 Å². The Hall–Kier alpha value is -2.24. The fourth-order valence-electron chi connectivity index (χ4n) is 2.37. The molecule has 2 aromatic carbocycles. The molecule has 0 saturated heterocycles. The van der Waals surface area contributed by atoms with Crippen LogP contribution in [0.1, 0.15) is 6.92 Å². The first-order chi connectivity index (χ1) is 12.1. The van der Waals surface area contributed by atoms with Crippen LogP contribution in [0.5, 0.6) is 11.5 Å². The molecule has 2 N–H and O–H groups in total. The van der Waals surface area contributed by atoms with Gasteiger partial charge in [0.25, 0.3) is 5.91 Å². The number of rotatable bonds is 9. The quantitative estimate of drug-likeness (QED) is 0.718. The average molecular weight is 364 g/mol. The Morgan fingerprint density at radius 1 is 1.16 bits per heavy atom. The number of likely N-dealkylation sites (N-methyl/N-ethyl adjacent to an activating group) is 1. The lowest BCUT2D eigenvalue weighted by Gasteiger charge is -2.17. The van der Waals surface area contributed by atoms with E-state index in [1.807, 2.05) is 30.3 Å². The van der Waals surface area contributed by atoms with Crippen molar-refractivity contribution in [3.05, 3.63) is 53.6 Å². The Labute approximate surface area is 153 Å². The molecule has 0 bridgehead atoms. The van der Waals surface area contributed by atoms with E-state index in [4.69, 9.17) is 21.1 Å². The van der Waals surface area contributed by atoms with Gasteiger partial charge in [0.15, 0.2) is 6.54 Å². The van der Waals surface area contributed by atoms with Crippen molar-refractivity contribution < 1.29 is 19.2 Å². The maximum atomic E-state index is 12.2. The summed E-state index contributed by atoms with van der Waals surface area (Å²) in [5, 5.41) is 3.58. The molecule has 25 heavy (non-hydrogen) atoms. The Kier molecular flexibility index (Phi) is 7.57. The van der Waals surface area contributed by atoms with E-state index in [1.54, 1.807) is 25.3 Å². The molecule has 2 rings (SSSR count). The summed E-state index contributed by atoms with van der Waals surface area (Å²) in [5.74, 6) is 1.46. The first kappa shape index (κ1) is 19.1. The molecule has 0 aliphatic heterocycles. The van der Waals surface area contributed by atoms with Gasteiger partial charge in [-0.3, -0.25) is 4.79 Å². The molecule has 0 aliphatic rings. The van der Waals surface area contributed by atoms with E-state index < -0.39 is 0 Å². The Morgan fingerprint density at radius 2 is 1.92 bits per heavy atom. The fraction of sp³-hybridized carbons (Fsp3) is 0.316. The van der Waals surface area contributed by atoms with Gasteiger partial charge in [-0.1, -0.05) is 17.7 Å². The van der Waals surface area contributed by atoms with E-state index in [0.29, 0.717) is 23.9 Å². The molecule has 134 valence electrons. The number of nitrogens with one attached hydrogen (secondary N) is 2. The summed E-state index contributed by atoms with van der Waals surface area (Å²) in [6.07, 6.45) is 0. The highest BCUT2D eigenvalue weighted by Crippen LogP contribution is 2.16. The fourth-order valence-corrected chi connectivity index (χ4v) is 2.49. The van der Waals surface area contributed by atoms with Crippen molar-refractivity contribution in [2.45, 2.75) is 6.92 Å². The molecule has 2 aromatic rings. The van der Waals surface area contributed by atoms with Crippen LogP contribution in [0.15, 0.2) is 48.5 Å². The van der Waals surface area contributed by atoms with Crippen LogP contribution in [0, 0.1) is 0 Å². The summed E-state index contributed by atoms with van der Waals surface area (Å²) in [7, 11) is 1.60. The second-order valence-electron chi connectivity index (χ2n) is 5.61. The number of methoxy groups -OCH3 is 1. The van der Waals surface area contributed by atoms with Gasteiger partial charge in [-0.15, -0.1) is 0 Å². The van der Waals surface area contributed by atoms with Gasteiger partial charge in [-0.2, -0.15) is 0 Å². The summed E-state index contributed by atoms with van der Waals surface area (Å²) < 4.78 is 10.9. The van der Waals surface area contributed by atoms with Crippen molar-refractivity contribution in [1.82, 2.24) is 0 Å². The SMILES string of the molecule is CC[NH+](CCOc1ccc(Cl)cc1)CC(=O)Nc1cccc(OC)c1. The van der Waals surface area contributed by atoms with Gasteiger partial charge in [0, 0.05) is 16.8 Å². The topological polar surface area (TPSA) is 52.0 Å². The van der Waals surface area contributed by atoms with E-state index >= 15 is 0 Å². The third kappa shape index (κ3) is 6.64. The largest absolute Gasteiger partial charge is 0.497 e. The van der Waals surface area contributed by atoms with Gasteiger partial charge >= 0.3 is 0 Å². The zero-order valence-corrected chi connectivity index (χ0v) is 15.3. The third-order valence-corrected chi connectivity index (χ3v) is 4.05. The number of ether oxygens (including phenoxy) is 2. The maximum absolute atomic E-state index is 12.2.